The van der Waals surface area contributed by atoms with Crippen molar-refractivity contribution >= 4 is 11.8 Å². The van der Waals surface area contributed by atoms with Gasteiger partial charge >= 0.3 is 6.61 Å². The van der Waals surface area contributed by atoms with Gasteiger partial charge in [-0.05, 0) is 47.0 Å². The molecule has 154 valence electrons. The summed E-state index contributed by atoms with van der Waals surface area (Å²) in [5.41, 5.74) is 4.19. The second-order valence-electron chi connectivity index (χ2n) is 6.42. The lowest BCUT2D eigenvalue weighted by Crippen LogP contribution is -2.01. The van der Waals surface area contributed by atoms with Crippen LogP contribution >= 0.6 is 11.8 Å². The van der Waals surface area contributed by atoms with Gasteiger partial charge in [0.2, 0.25) is 5.89 Å². The highest BCUT2D eigenvalue weighted by molar-refractivity contribution is 7.98. The van der Waals surface area contributed by atoms with E-state index in [1.807, 2.05) is 42.5 Å². The van der Waals surface area contributed by atoms with Gasteiger partial charge in [0, 0.05) is 11.3 Å². The van der Waals surface area contributed by atoms with Crippen molar-refractivity contribution in [2.45, 2.75) is 17.6 Å². The monoisotopic (exact) mass is 435 g/mol. The fourth-order valence-corrected chi connectivity index (χ4v) is 3.64. The lowest BCUT2D eigenvalue weighted by molar-refractivity contribution is -0.0498. The molecule has 0 saturated carbocycles. The van der Waals surface area contributed by atoms with E-state index in [1.54, 1.807) is 18.2 Å². The number of nitrogens with zero attached hydrogens (tertiary/aromatic N) is 3. The summed E-state index contributed by atoms with van der Waals surface area (Å²) in [6, 6.07) is 23.6. The number of thioether (sulfide) groups is 1. The molecule has 3 aromatic carbocycles. The number of rotatable bonds is 7. The minimum Gasteiger partial charge on any atom is -0.435 e. The van der Waals surface area contributed by atoms with E-state index in [0.29, 0.717) is 28.0 Å². The van der Waals surface area contributed by atoms with E-state index in [0.717, 1.165) is 16.7 Å². The van der Waals surface area contributed by atoms with E-state index in [9.17, 15) is 14.0 Å². The lowest BCUT2D eigenvalue weighted by Gasteiger charge is -2.05. The van der Waals surface area contributed by atoms with Gasteiger partial charge < -0.3 is 9.15 Å². The molecule has 8 heteroatoms. The van der Waals surface area contributed by atoms with E-state index in [1.165, 1.54) is 23.9 Å². The number of nitriles is 1. The molecule has 0 aliphatic heterocycles. The van der Waals surface area contributed by atoms with Crippen molar-refractivity contribution in [1.82, 2.24) is 10.2 Å². The molecule has 4 rings (SSSR count). The average molecular weight is 435 g/mol. The quantitative estimate of drug-likeness (QED) is 0.323. The highest BCUT2D eigenvalue weighted by Gasteiger charge is 2.11. The number of hydrogen-bond donors (Lipinski definition) is 0. The molecule has 0 radical (unpaired) electrons. The van der Waals surface area contributed by atoms with Crippen LogP contribution in [0.2, 0.25) is 0 Å². The third-order valence-electron chi connectivity index (χ3n) is 4.41. The van der Waals surface area contributed by atoms with E-state index < -0.39 is 6.61 Å². The molecule has 1 aromatic heterocycles. The highest BCUT2D eigenvalue weighted by Crippen LogP contribution is 2.29. The predicted molar refractivity (Wildman–Crippen MR) is 113 cm³/mol. The molecule has 1 heterocycles. The van der Waals surface area contributed by atoms with Crippen molar-refractivity contribution in [3.05, 3.63) is 83.9 Å². The molecule has 31 heavy (non-hydrogen) atoms. The van der Waals surface area contributed by atoms with Crippen LogP contribution in [-0.2, 0) is 5.75 Å². The van der Waals surface area contributed by atoms with Crippen LogP contribution in [0.25, 0.3) is 22.6 Å². The first-order valence-electron chi connectivity index (χ1n) is 9.22. The largest absolute Gasteiger partial charge is 0.435 e. The van der Waals surface area contributed by atoms with Crippen molar-refractivity contribution in [1.29, 1.82) is 5.26 Å². The minimum absolute atomic E-state index is 0.0636. The lowest BCUT2D eigenvalue weighted by atomic mass is 10.00. The maximum atomic E-state index is 12.2. The van der Waals surface area contributed by atoms with Crippen LogP contribution in [0.1, 0.15) is 11.1 Å². The summed E-state index contributed by atoms with van der Waals surface area (Å²) in [6.45, 7) is -2.87. The third-order valence-corrected chi connectivity index (χ3v) is 5.30. The first kappa shape index (κ1) is 20.6. The molecule has 0 spiro atoms. The summed E-state index contributed by atoms with van der Waals surface area (Å²) >= 11 is 1.39. The van der Waals surface area contributed by atoms with Crippen LogP contribution in [0.5, 0.6) is 5.75 Å². The second-order valence-corrected chi connectivity index (χ2v) is 7.35. The molecule has 4 aromatic rings. The van der Waals surface area contributed by atoms with Gasteiger partial charge in [-0.2, -0.15) is 14.0 Å². The summed E-state index contributed by atoms with van der Waals surface area (Å²) in [5, 5.41) is 17.7. The number of alkyl halides is 2. The molecule has 0 amide bonds. The Morgan fingerprint density at radius 3 is 2.35 bits per heavy atom. The molecule has 0 N–H and O–H groups in total. The fourth-order valence-electron chi connectivity index (χ4n) is 2.92. The summed E-state index contributed by atoms with van der Waals surface area (Å²) in [5.74, 6) is 0.992. The van der Waals surface area contributed by atoms with E-state index in [2.05, 4.69) is 21.0 Å². The smallest absolute Gasteiger partial charge is 0.387 e. The number of aromatic nitrogens is 2. The maximum Gasteiger partial charge on any atom is 0.387 e. The zero-order valence-corrected chi connectivity index (χ0v) is 16.9. The van der Waals surface area contributed by atoms with E-state index in [4.69, 9.17) is 4.42 Å². The Hall–Kier alpha value is -3.70. The minimum atomic E-state index is -2.87. The fraction of sp³-hybridized carbons (Fsp3) is 0.0870. The summed E-state index contributed by atoms with van der Waals surface area (Å²) < 4.78 is 34.5. The maximum absolute atomic E-state index is 12.2. The Bertz CT molecular complexity index is 1200. The topological polar surface area (TPSA) is 71.9 Å². The Morgan fingerprint density at radius 2 is 1.65 bits per heavy atom. The first-order valence-corrected chi connectivity index (χ1v) is 10.2. The molecule has 0 aliphatic carbocycles. The van der Waals surface area contributed by atoms with Gasteiger partial charge in [0.1, 0.15) is 5.75 Å². The number of hydrogen-bond acceptors (Lipinski definition) is 6. The molecular weight excluding hydrogens is 420 g/mol. The van der Waals surface area contributed by atoms with Gasteiger partial charge in [-0.3, -0.25) is 0 Å². The van der Waals surface area contributed by atoms with Gasteiger partial charge in [-0.1, -0.05) is 54.2 Å². The standard InChI is InChI=1S/C23H15F2N3O2S/c24-22(25)29-19-11-9-17(10-12-19)21-27-28-23(30-21)31-14-15-5-7-16(8-6-15)20-4-2-1-3-18(20)13-26/h1-12,22H,14H2. The van der Waals surface area contributed by atoms with E-state index >= 15 is 0 Å². The van der Waals surface area contributed by atoms with Gasteiger partial charge in [0.15, 0.2) is 0 Å². The van der Waals surface area contributed by atoms with Crippen LogP contribution < -0.4 is 4.74 Å². The van der Waals surface area contributed by atoms with Gasteiger partial charge in [0.05, 0.1) is 11.6 Å². The van der Waals surface area contributed by atoms with Crippen LogP contribution in [0, 0.1) is 11.3 Å². The molecule has 0 fully saturated rings. The van der Waals surface area contributed by atoms with Gasteiger partial charge in [-0.25, -0.2) is 0 Å². The third kappa shape index (κ3) is 5.08. The zero-order chi connectivity index (χ0) is 21.6. The number of halogens is 2. The van der Waals surface area contributed by atoms with Gasteiger partial charge in [-0.15, -0.1) is 10.2 Å². The predicted octanol–water partition coefficient (Wildman–Crippen LogP) is 6.17. The summed E-state index contributed by atoms with van der Waals surface area (Å²) in [4.78, 5) is 0. The Labute approximate surface area is 181 Å². The van der Waals surface area contributed by atoms with Crippen molar-refractivity contribution < 1.29 is 17.9 Å². The normalized spacial score (nSPS) is 10.8. The van der Waals surface area contributed by atoms with E-state index in [-0.39, 0.29) is 5.75 Å². The van der Waals surface area contributed by atoms with Crippen LogP contribution in [-0.4, -0.2) is 16.8 Å². The van der Waals surface area contributed by atoms with Crippen LogP contribution in [0.15, 0.2) is 82.4 Å². The molecular formula is C23H15F2N3O2S. The summed E-state index contributed by atoms with van der Waals surface area (Å²) in [7, 11) is 0. The van der Waals surface area contributed by atoms with Crippen LogP contribution in [0.3, 0.4) is 0 Å². The first-order chi connectivity index (χ1) is 15.1. The molecule has 0 bridgehead atoms. The average Bonchev–Trinajstić information content (AvgIpc) is 3.27. The van der Waals surface area contributed by atoms with Crippen molar-refractivity contribution in [2.24, 2.45) is 0 Å². The Kier molecular flexibility index (Phi) is 6.24. The molecule has 0 atom stereocenters. The molecule has 5 nitrogen and oxygen atoms in total. The van der Waals surface area contributed by atoms with Crippen molar-refractivity contribution in [2.75, 3.05) is 0 Å². The van der Waals surface area contributed by atoms with Crippen LogP contribution in [0.4, 0.5) is 8.78 Å². The Balaban J connectivity index is 1.39. The molecule has 0 saturated heterocycles. The second kappa shape index (κ2) is 9.41. The SMILES string of the molecule is N#Cc1ccccc1-c1ccc(CSc2nnc(-c3ccc(OC(F)F)cc3)o2)cc1. The zero-order valence-electron chi connectivity index (χ0n) is 16.0. The number of ether oxygens (including phenoxy) is 1. The molecule has 0 unspecified atom stereocenters. The summed E-state index contributed by atoms with van der Waals surface area (Å²) in [6.07, 6.45) is 0. The van der Waals surface area contributed by atoms with Crippen molar-refractivity contribution in [3.63, 3.8) is 0 Å². The number of benzene rings is 3. The Morgan fingerprint density at radius 1 is 0.935 bits per heavy atom. The highest BCUT2D eigenvalue weighted by atomic mass is 32.2. The van der Waals surface area contributed by atoms with Gasteiger partial charge in [0.25, 0.3) is 5.22 Å². The molecule has 0 aliphatic rings. The van der Waals surface area contributed by atoms with Crippen molar-refractivity contribution in [3.8, 4) is 34.4 Å².